The van der Waals surface area contributed by atoms with Crippen LogP contribution in [0.5, 0.6) is 0 Å². The van der Waals surface area contributed by atoms with Gasteiger partial charge in [0.05, 0.1) is 10.4 Å². The third-order valence-electron chi connectivity index (χ3n) is 1.12. The zero-order valence-corrected chi connectivity index (χ0v) is 10.3. The first-order valence-corrected chi connectivity index (χ1v) is 5.67. The number of hydrogen-bond donors (Lipinski definition) is 0. The topological polar surface area (TPSA) is 26.3 Å². The second kappa shape index (κ2) is 4.39. The van der Waals surface area contributed by atoms with Gasteiger partial charge >= 0.3 is 5.97 Å². The van der Waals surface area contributed by atoms with E-state index in [0.29, 0.717) is 11.5 Å². The first kappa shape index (κ1) is 10.2. The molecule has 5 heteroatoms. The van der Waals surface area contributed by atoms with Gasteiger partial charge in [-0.3, -0.25) is 0 Å². The van der Waals surface area contributed by atoms with Gasteiger partial charge in [-0.05, 0) is 44.8 Å². The number of ether oxygens (including phenoxy) is 1. The summed E-state index contributed by atoms with van der Waals surface area (Å²) in [5.41, 5.74) is 0. The third kappa shape index (κ3) is 2.31. The van der Waals surface area contributed by atoms with Crippen molar-refractivity contribution in [2.24, 2.45) is 0 Å². The van der Waals surface area contributed by atoms with Crippen LogP contribution in [-0.2, 0) is 4.74 Å². The van der Waals surface area contributed by atoms with Crippen LogP contribution in [0.3, 0.4) is 0 Å². The van der Waals surface area contributed by atoms with Crippen molar-refractivity contribution in [3.63, 3.8) is 0 Å². The Labute approximate surface area is 91.2 Å². The zero-order chi connectivity index (χ0) is 9.14. The van der Waals surface area contributed by atoms with Crippen LogP contribution in [0.25, 0.3) is 0 Å². The molecule has 0 amide bonds. The van der Waals surface area contributed by atoms with E-state index in [9.17, 15) is 4.79 Å². The van der Waals surface area contributed by atoms with E-state index >= 15 is 0 Å². The number of rotatable bonds is 2. The molecule has 0 atom stereocenters. The first-order valence-electron chi connectivity index (χ1n) is 3.27. The van der Waals surface area contributed by atoms with Crippen molar-refractivity contribution in [2.75, 3.05) is 6.61 Å². The van der Waals surface area contributed by atoms with Gasteiger partial charge in [0.15, 0.2) is 0 Å². The van der Waals surface area contributed by atoms with Crippen LogP contribution in [0, 0.1) is 0 Å². The number of esters is 1. The summed E-state index contributed by atoms with van der Waals surface area (Å²) < 4.78 is 6.62. The lowest BCUT2D eigenvalue weighted by Crippen LogP contribution is -2.01. The van der Waals surface area contributed by atoms with Crippen LogP contribution in [0.1, 0.15) is 16.6 Å². The standard InChI is InChI=1S/C7H6Br2O2S/c1-2-11-7(10)5-3-4(8)6(9)12-5/h3H,2H2,1H3. The van der Waals surface area contributed by atoms with E-state index in [2.05, 4.69) is 31.9 Å². The molecule has 0 saturated heterocycles. The molecule has 1 heterocycles. The van der Waals surface area contributed by atoms with Crippen LogP contribution in [-0.4, -0.2) is 12.6 Å². The molecule has 1 aromatic heterocycles. The van der Waals surface area contributed by atoms with Crippen molar-refractivity contribution in [1.29, 1.82) is 0 Å². The van der Waals surface area contributed by atoms with Crippen LogP contribution in [0.2, 0.25) is 0 Å². The Morgan fingerprint density at radius 3 is 2.75 bits per heavy atom. The summed E-state index contributed by atoms with van der Waals surface area (Å²) in [6.07, 6.45) is 0. The lowest BCUT2D eigenvalue weighted by molar-refractivity contribution is 0.0532. The van der Waals surface area contributed by atoms with Gasteiger partial charge in [-0.25, -0.2) is 4.79 Å². The van der Waals surface area contributed by atoms with E-state index in [1.807, 2.05) is 0 Å². The molecule has 0 N–H and O–H groups in total. The van der Waals surface area contributed by atoms with Gasteiger partial charge < -0.3 is 4.74 Å². The second-order valence-corrected chi connectivity index (χ2v) is 5.18. The Morgan fingerprint density at radius 1 is 1.67 bits per heavy atom. The summed E-state index contributed by atoms with van der Waals surface area (Å²) in [5, 5.41) is 0. The smallest absolute Gasteiger partial charge is 0.348 e. The minimum absolute atomic E-state index is 0.270. The predicted molar refractivity (Wildman–Crippen MR) is 55.7 cm³/mol. The minimum atomic E-state index is -0.270. The number of hydrogen-bond acceptors (Lipinski definition) is 3. The van der Waals surface area contributed by atoms with Crippen molar-refractivity contribution >= 4 is 49.2 Å². The summed E-state index contributed by atoms with van der Waals surface area (Å²) in [5.74, 6) is -0.270. The van der Waals surface area contributed by atoms with E-state index in [4.69, 9.17) is 4.74 Å². The lowest BCUT2D eigenvalue weighted by Gasteiger charge is -1.95. The van der Waals surface area contributed by atoms with E-state index in [0.717, 1.165) is 8.26 Å². The van der Waals surface area contributed by atoms with E-state index < -0.39 is 0 Å². The average Bonchev–Trinajstić information content (AvgIpc) is 2.33. The molecule has 0 aliphatic carbocycles. The Bertz CT molecular complexity index is 276. The predicted octanol–water partition coefficient (Wildman–Crippen LogP) is 3.45. The summed E-state index contributed by atoms with van der Waals surface area (Å²) in [6, 6.07) is 1.74. The Kier molecular flexibility index (Phi) is 3.74. The monoisotopic (exact) mass is 312 g/mol. The highest BCUT2D eigenvalue weighted by Crippen LogP contribution is 2.32. The van der Waals surface area contributed by atoms with Gasteiger partial charge in [-0.15, -0.1) is 11.3 Å². The van der Waals surface area contributed by atoms with Crippen molar-refractivity contribution in [3.8, 4) is 0 Å². The minimum Gasteiger partial charge on any atom is -0.462 e. The molecule has 0 unspecified atom stereocenters. The van der Waals surface area contributed by atoms with Gasteiger partial charge in [0.1, 0.15) is 4.88 Å². The van der Waals surface area contributed by atoms with Gasteiger partial charge in [-0.1, -0.05) is 0 Å². The number of carbonyl (C=O) groups excluding carboxylic acids is 1. The maximum Gasteiger partial charge on any atom is 0.348 e. The van der Waals surface area contributed by atoms with Crippen LogP contribution in [0.4, 0.5) is 0 Å². The van der Waals surface area contributed by atoms with E-state index in [1.165, 1.54) is 11.3 Å². The van der Waals surface area contributed by atoms with Crippen molar-refractivity contribution in [2.45, 2.75) is 6.92 Å². The fraction of sp³-hybridized carbons (Fsp3) is 0.286. The molecule has 0 aliphatic rings. The second-order valence-electron chi connectivity index (χ2n) is 1.95. The van der Waals surface area contributed by atoms with E-state index in [-0.39, 0.29) is 5.97 Å². The summed E-state index contributed by atoms with van der Waals surface area (Å²) >= 11 is 7.95. The molecule has 1 aromatic rings. The fourth-order valence-corrected chi connectivity index (χ4v) is 2.58. The summed E-state index contributed by atoms with van der Waals surface area (Å²) in [7, 11) is 0. The molecule has 2 nitrogen and oxygen atoms in total. The maximum absolute atomic E-state index is 11.2. The van der Waals surface area contributed by atoms with Crippen LogP contribution < -0.4 is 0 Å². The molecule has 0 fully saturated rings. The summed E-state index contributed by atoms with van der Waals surface area (Å²) in [6.45, 7) is 2.20. The molecule has 0 aromatic carbocycles. The largest absolute Gasteiger partial charge is 0.462 e. The SMILES string of the molecule is CCOC(=O)c1cc(Br)c(Br)s1. The van der Waals surface area contributed by atoms with Crippen molar-refractivity contribution in [3.05, 3.63) is 19.2 Å². The Hall–Kier alpha value is 0.130. The van der Waals surface area contributed by atoms with Crippen LogP contribution >= 0.6 is 43.2 Å². The quantitative estimate of drug-likeness (QED) is 0.782. The molecule has 0 saturated carbocycles. The number of carbonyl (C=O) groups is 1. The maximum atomic E-state index is 11.2. The molecule has 66 valence electrons. The molecule has 1 rings (SSSR count). The van der Waals surface area contributed by atoms with Crippen molar-refractivity contribution in [1.82, 2.24) is 0 Å². The molecular weight excluding hydrogens is 308 g/mol. The fourth-order valence-electron chi connectivity index (χ4n) is 0.649. The van der Waals surface area contributed by atoms with Crippen LogP contribution in [0.15, 0.2) is 14.3 Å². The Morgan fingerprint density at radius 2 is 2.33 bits per heavy atom. The normalized spacial score (nSPS) is 9.92. The highest BCUT2D eigenvalue weighted by molar-refractivity contribution is 9.13. The molecule has 12 heavy (non-hydrogen) atoms. The number of halogens is 2. The number of thiophene rings is 1. The average molecular weight is 314 g/mol. The lowest BCUT2D eigenvalue weighted by atomic mass is 10.5. The Balaban J connectivity index is 2.82. The van der Waals surface area contributed by atoms with Gasteiger partial charge in [-0.2, -0.15) is 0 Å². The highest BCUT2D eigenvalue weighted by Gasteiger charge is 2.11. The highest BCUT2D eigenvalue weighted by atomic mass is 79.9. The molecule has 0 radical (unpaired) electrons. The summed E-state index contributed by atoms with van der Waals surface area (Å²) in [4.78, 5) is 11.8. The third-order valence-corrected chi connectivity index (χ3v) is 4.36. The van der Waals surface area contributed by atoms with Gasteiger partial charge in [0.2, 0.25) is 0 Å². The van der Waals surface area contributed by atoms with Gasteiger partial charge in [0, 0.05) is 4.47 Å². The zero-order valence-electron chi connectivity index (χ0n) is 6.27. The van der Waals surface area contributed by atoms with Crippen molar-refractivity contribution < 1.29 is 9.53 Å². The van der Waals surface area contributed by atoms with Gasteiger partial charge in [0.25, 0.3) is 0 Å². The first-order chi connectivity index (χ1) is 5.65. The van der Waals surface area contributed by atoms with E-state index in [1.54, 1.807) is 13.0 Å². The molecule has 0 spiro atoms. The molecule has 0 bridgehead atoms. The molecular formula is C7H6Br2O2S. The molecule has 0 aliphatic heterocycles.